The number of benzene rings is 6. The molecule has 0 saturated heterocycles. The fourth-order valence-electron chi connectivity index (χ4n) is 6.18. The molecule has 0 aliphatic carbocycles. The van der Waals surface area contributed by atoms with Crippen LogP contribution in [0, 0.1) is 41.5 Å². The monoisotopic (exact) mass is 781 g/mol. The van der Waals surface area contributed by atoms with Crippen molar-refractivity contribution in [2.45, 2.75) is 41.5 Å². The Morgan fingerprint density at radius 3 is 1.30 bits per heavy atom. The van der Waals surface area contributed by atoms with Crippen molar-refractivity contribution in [3.8, 4) is 34.5 Å². The van der Waals surface area contributed by atoms with E-state index in [1.807, 2.05) is 187 Å². The second kappa shape index (κ2) is 15.8. The molecule has 7 rings (SSSR count). The molecule has 54 heavy (non-hydrogen) atoms. The topological polar surface area (TPSA) is 91.8 Å². The molecule has 9 nitrogen and oxygen atoms in total. The van der Waals surface area contributed by atoms with Gasteiger partial charge in [0.1, 0.15) is 0 Å². The average Bonchev–Trinajstić information content (AvgIpc) is 3.14. The Balaban J connectivity index is 1.56. The quantitative estimate of drug-likeness (QED) is 0.119. The number of para-hydroxylation sites is 6. The van der Waals surface area contributed by atoms with Gasteiger partial charge in [-0.25, -0.2) is 0 Å². The third-order valence-electron chi connectivity index (χ3n) is 8.78. The third-order valence-corrected chi connectivity index (χ3v) is 18.7. The molecule has 0 radical (unpaired) electrons. The molecule has 0 amide bonds. The molecule has 1 atom stereocenters. The zero-order valence-electron chi connectivity index (χ0n) is 31.2. The molecule has 0 saturated carbocycles. The van der Waals surface area contributed by atoms with Crippen molar-refractivity contribution < 1.29 is 27.1 Å². The molecule has 1 aliphatic rings. The van der Waals surface area contributed by atoms with Crippen LogP contribution in [0.25, 0.3) is 0 Å². The number of nitrogens with zero attached hydrogens (tertiary/aromatic N) is 1. The maximum atomic E-state index is 7.27. The van der Waals surface area contributed by atoms with E-state index in [4.69, 9.17) is 31.7 Å². The number of rotatable bonds is 12. The number of hydrogen-bond acceptors (Lipinski definition) is 9. The first-order valence-electron chi connectivity index (χ1n) is 17.8. The molecule has 0 spiro atoms. The molecule has 1 heterocycles. The Labute approximate surface area is 319 Å². The summed E-state index contributed by atoms with van der Waals surface area (Å²) in [5.41, 5.74) is 5.45. The fraction of sp³-hybridized carbons (Fsp3) is 0.143. The van der Waals surface area contributed by atoms with Gasteiger partial charge in [-0.05, 0) is 0 Å². The van der Waals surface area contributed by atoms with Crippen LogP contribution in [0.15, 0.2) is 150 Å². The maximum absolute atomic E-state index is 7.27. The van der Waals surface area contributed by atoms with Crippen LogP contribution < -0.4 is 36.9 Å². The predicted octanol–water partition coefficient (Wildman–Crippen LogP) is 12.3. The van der Waals surface area contributed by atoms with E-state index in [9.17, 15) is 0 Å². The number of hydrogen-bond donors (Lipinski definition) is 2. The second-order valence-corrected chi connectivity index (χ2v) is 20.6. The second-order valence-electron chi connectivity index (χ2n) is 13.2. The minimum absolute atomic E-state index is 0.527. The van der Waals surface area contributed by atoms with Gasteiger partial charge >= 0.3 is 320 Å². The molecular weight excluding hydrogens is 735 g/mol. The van der Waals surface area contributed by atoms with Crippen LogP contribution in [0.2, 0.25) is 0 Å². The van der Waals surface area contributed by atoms with Crippen LogP contribution in [0.5, 0.6) is 34.5 Å². The molecule has 280 valence electrons. The molecular formula is C42H46N3O6P3. The molecule has 0 aromatic heterocycles. The first-order valence-corrected chi connectivity index (χ1v) is 22.9. The van der Waals surface area contributed by atoms with E-state index in [2.05, 4.69) is 9.72 Å². The summed E-state index contributed by atoms with van der Waals surface area (Å²) < 4.78 is 48.5. The zero-order valence-corrected chi connectivity index (χ0v) is 34.1. The van der Waals surface area contributed by atoms with Gasteiger partial charge in [0.2, 0.25) is 0 Å². The summed E-state index contributed by atoms with van der Waals surface area (Å²) in [5.74, 6) is 3.49. The Hall–Kier alpha value is -4.87. The third kappa shape index (κ3) is 8.42. The van der Waals surface area contributed by atoms with Gasteiger partial charge in [0.25, 0.3) is 0 Å². The first kappa shape index (κ1) is 37.4. The fourth-order valence-corrected chi connectivity index (χ4v) is 18.1. The van der Waals surface area contributed by atoms with Gasteiger partial charge in [-0.3, -0.25) is 0 Å². The first-order chi connectivity index (χ1) is 26.1. The Morgan fingerprint density at radius 2 is 0.815 bits per heavy atom. The Kier molecular flexibility index (Phi) is 11.0. The normalized spacial score (nSPS) is 18.3. The predicted molar refractivity (Wildman–Crippen MR) is 223 cm³/mol. The van der Waals surface area contributed by atoms with E-state index in [0.717, 1.165) is 33.4 Å². The van der Waals surface area contributed by atoms with Crippen molar-refractivity contribution >= 4 is 23.7 Å². The van der Waals surface area contributed by atoms with Gasteiger partial charge in [-0.15, -0.1) is 0 Å². The van der Waals surface area contributed by atoms with Crippen LogP contribution in [-0.2, 0) is 0 Å². The summed E-state index contributed by atoms with van der Waals surface area (Å²) in [7, 11) is -12.2. The van der Waals surface area contributed by atoms with E-state index >= 15 is 0 Å². The molecule has 1 aliphatic heterocycles. The van der Waals surface area contributed by atoms with Crippen LogP contribution in [0.4, 0.5) is 0 Å². The van der Waals surface area contributed by atoms with Crippen molar-refractivity contribution in [1.29, 1.82) is 0 Å². The van der Waals surface area contributed by atoms with Gasteiger partial charge in [0, 0.05) is 0 Å². The van der Waals surface area contributed by atoms with Gasteiger partial charge in [-0.2, -0.15) is 0 Å². The van der Waals surface area contributed by atoms with Gasteiger partial charge in [-0.1, -0.05) is 0 Å². The number of nitrogens with one attached hydrogen (secondary N) is 2. The molecule has 6 aromatic carbocycles. The molecule has 0 bridgehead atoms. The van der Waals surface area contributed by atoms with Gasteiger partial charge < -0.3 is 0 Å². The van der Waals surface area contributed by atoms with E-state index in [1.165, 1.54) is 0 Å². The van der Waals surface area contributed by atoms with Crippen molar-refractivity contribution in [1.82, 2.24) is 9.72 Å². The zero-order chi connectivity index (χ0) is 37.8. The summed E-state index contributed by atoms with van der Waals surface area (Å²) in [6.45, 7) is 12.0. The van der Waals surface area contributed by atoms with Crippen molar-refractivity contribution in [3.05, 3.63) is 179 Å². The molecule has 6 aromatic rings. The SMILES string of the molecule is Cc1cccc(C)c1OP1(Oc2ccccc2)=N[PH](Oc2ccccc2)(Oc2c(C)cccc2C)N[PH](Oc2ccccc2)(Oc2c(C)cccc2C)N1. The van der Waals surface area contributed by atoms with Gasteiger partial charge in [0.15, 0.2) is 0 Å². The van der Waals surface area contributed by atoms with Crippen LogP contribution >= 0.6 is 23.7 Å². The molecule has 0 fully saturated rings. The van der Waals surface area contributed by atoms with Crippen LogP contribution in [0.1, 0.15) is 33.4 Å². The molecule has 12 heteroatoms. The Morgan fingerprint density at radius 1 is 0.407 bits per heavy atom. The summed E-state index contributed by atoms with van der Waals surface area (Å²) in [4.78, 5) is 7.41. The van der Waals surface area contributed by atoms with Gasteiger partial charge in [0.05, 0.1) is 0 Å². The van der Waals surface area contributed by atoms with E-state index in [0.29, 0.717) is 34.5 Å². The van der Waals surface area contributed by atoms with E-state index < -0.39 is 23.7 Å². The minimum atomic E-state index is -4.26. The number of aryl methyl sites for hydroxylation is 6. The van der Waals surface area contributed by atoms with Crippen molar-refractivity contribution in [2.75, 3.05) is 0 Å². The Bertz CT molecular complexity index is 2240. The summed E-state index contributed by atoms with van der Waals surface area (Å²) in [5, 5.41) is 0. The van der Waals surface area contributed by atoms with Crippen molar-refractivity contribution in [3.63, 3.8) is 0 Å². The standard InChI is InChI=1S/C42H46N3O6P3/c1-31-19-16-20-32(2)40(31)49-52(46-37-25-10-7-11-26-37)43-53(47-38-27-12-8-13-28-38,50-41-33(3)21-17-22-34(41)4)45-54(44-52,48-39-29-14-9-15-30-39)51-42-35(5)23-18-24-36(42)6/h7-30,43-44,52-53H,1-6H3. The van der Waals surface area contributed by atoms with Crippen LogP contribution in [-0.4, -0.2) is 0 Å². The molecule has 1 unspecified atom stereocenters. The molecule has 2 N–H and O–H groups in total. The summed E-state index contributed by atoms with van der Waals surface area (Å²) >= 11 is 0. The van der Waals surface area contributed by atoms with E-state index in [-0.39, 0.29) is 0 Å². The average molecular weight is 782 g/mol. The summed E-state index contributed by atoms with van der Waals surface area (Å²) in [6, 6.07) is 46.5. The summed E-state index contributed by atoms with van der Waals surface area (Å²) in [6.07, 6.45) is 0. The van der Waals surface area contributed by atoms with Crippen molar-refractivity contribution in [2.24, 2.45) is 4.52 Å². The van der Waals surface area contributed by atoms with E-state index in [1.54, 1.807) is 0 Å². The van der Waals surface area contributed by atoms with Crippen LogP contribution in [0.3, 0.4) is 0 Å².